The van der Waals surface area contributed by atoms with Gasteiger partial charge in [0.25, 0.3) is 0 Å². The zero-order chi connectivity index (χ0) is 13.6. The fourth-order valence-electron chi connectivity index (χ4n) is 2.52. The molecule has 0 bridgehead atoms. The van der Waals surface area contributed by atoms with Crippen LogP contribution in [-0.4, -0.2) is 21.3 Å². The van der Waals surface area contributed by atoms with Gasteiger partial charge in [0.2, 0.25) is 0 Å². The first-order chi connectivity index (χ1) is 9.06. The van der Waals surface area contributed by atoms with E-state index in [-0.39, 0.29) is 12.0 Å². The predicted octanol–water partition coefficient (Wildman–Crippen LogP) is 2.10. The van der Waals surface area contributed by atoms with Crippen molar-refractivity contribution in [2.75, 3.05) is 6.61 Å². The predicted molar refractivity (Wildman–Crippen MR) is 76.0 cm³/mol. The SMILES string of the molecule is CC(C)(CO)c1nc2cc(CN)ccc2n1C1CC1. The average molecular weight is 259 g/mol. The summed E-state index contributed by atoms with van der Waals surface area (Å²) in [6.07, 6.45) is 2.41. The third-order valence-corrected chi connectivity index (χ3v) is 3.90. The van der Waals surface area contributed by atoms with E-state index in [0.29, 0.717) is 12.6 Å². The van der Waals surface area contributed by atoms with Gasteiger partial charge in [-0.2, -0.15) is 0 Å². The summed E-state index contributed by atoms with van der Waals surface area (Å²) in [5.41, 5.74) is 8.63. The number of nitrogens with zero attached hydrogens (tertiary/aromatic N) is 2. The summed E-state index contributed by atoms with van der Waals surface area (Å²) >= 11 is 0. The molecule has 1 aromatic carbocycles. The van der Waals surface area contributed by atoms with Crippen molar-refractivity contribution in [2.24, 2.45) is 5.73 Å². The zero-order valence-corrected chi connectivity index (χ0v) is 11.6. The minimum atomic E-state index is -0.315. The van der Waals surface area contributed by atoms with Gasteiger partial charge in [-0.1, -0.05) is 19.9 Å². The monoisotopic (exact) mass is 259 g/mol. The summed E-state index contributed by atoms with van der Waals surface area (Å²) in [7, 11) is 0. The maximum atomic E-state index is 9.63. The molecule has 4 nitrogen and oxygen atoms in total. The number of hydrogen-bond donors (Lipinski definition) is 2. The summed E-state index contributed by atoms with van der Waals surface area (Å²) in [6.45, 7) is 4.71. The molecule has 1 aliphatic rings. The molecule has 2 aromatic rings. The minimum absolute atomic E-state index is 0.104. The second kappa shape index (κ2) is 4.32. The number of aliphatic hydroxyl groups excluding tert-OH is 1. The van der Waals surface area contributed by atoms with Crippen LogP contribution in [0.2, 0.25) is 0 Å². The molecule has 0 radical (unpaired) electrons. The Balaban J connectivity index is 2.23. The van der Waals surface area contributed by atoms with Gasteiger partial charge in [-0.05, 0) is 30.5 Å². The molecule has 0 spiro atoms. The van der Waals surface area contributed by atoms with Gasteiger partial charge in [0.15, 0.2) is 0 Å². The Morgan fingerprint density at radius 1 is 1.42 bits per heavy atom. The highest BCUT2D eigenvalue weighted by molar-refractivity contribution is 5.77. The van der Waals surface area contributed by atoms with Gasteiger partial charge in [0.1, 0.15) is 5.82 Å². The number of imidazole rings is 1. The molecule has 3 N–H and O–H groups in total. The van der Waals surface area contributed by atoms with E-state index in [1.165, 1.54) is 12.8 Å². The first-order valence-electron chi connectivity index (χ1n) is 6.89. The fourth-order valence-corrected chi connectivity index (χ4v) is 2.52. The van der Waals surface area contributed by atoms with Crippen LogP contribution in [0.4, 0.5) is 0 Å². The van der Waals surface area contributed by atoms with E-state index in [4.69, 9.17) is 10.7 Å². The summed E-state index contributed by atoms with van der Waals surface area (Å²) in [6, 6.07) is 6.79. The zero-order valence-electron chi connectivity index (χ0n) is 11.6. The topological polar surface area (TPSA) is 64.1 Å². The second-order valence-corrected chi connectivity index (χ2v) is 6.11. The molecule has 1 aliphatic carbocycles. The smallest absolute Gasteiger partial charge is 0.118 e. The molecule has 1 fully saturated rings. The molecule has 19 heavy (non-hydrogen) atoms. The van der Waals surface area contributed by atoms with Crippen LogP contribution in [0.15, 0.2) is 18.2 Å². The molecule has 0 saturated heterocycles. The van der Waals surface area contributed by atoms with Crippen molar-refractivity contribution >= 4 is 11.0 Å². The Morgan fingerprint density at radius 2 is 2.16 bits per heavy atom. The van der Waals surface area contributed by atoms with Crippen LogP contribution < -0.4 is 5.73 Å². The highest BCUT2D eigenvalue weighted by Crippen LogP contribution is 2.41. The van der Waals surface area contributed by atoms with Crippen molar-refractivity contribution in [1.29, 1.82) is 0 Å². The first-order valence-corrected chi connectivity index (χ1v) is 6.89. The highest BCUT2D eigenvalue weighted by atomic mass is 16.3. The Bertz CT molecular complexity index is 611. The quantitative estimate of drug-likeness (QED) is 0.883. The van der Waals surface area contributed by atoms with Crippen molar-refractivity contribution in [2.45, 2.75) is 44.7 Å². The number of fused-ring (bicyclic) bond motifs is 1. The number of aliphatic hydroxyl groups is 1. The van der Waals surface area contributed by atoms with Crippen molar-refractivity contribution in [3.8, 4) is 0 Å². The molecule has 4 heteroatoms. The summed E-state index contributed by atoms with van der Waals surface area (Å²) in [5, 5.41) is 9.63. The number of nitrogens with two attached hydrogens (primary N) is 1. The van der Waals surface area contributed by atoms with Gasteiger partial charge in [-0.25, -0.2) is 4.98 Å². The molecule has 1 heterocycles. The lowest BCUT2D eigenvalue weighted by Crippen LogP contribution is -2.26. The van der Waals surface area contributed by atoms with Crippen molar-refractivity contribution in [1.82, 2.24) is 9.55 Å². The molecule has 0 aliphatic heterocycles. The maximum Gasteiger partial charge on any atom is 0.118 e. The minimum Gasteiger partial charge on any atom is -0.395 e. The van der Waals surface area contributed by atoms with Gasteiger partial charge in [-0.3, -0.25) is 0 Å². The lowest BCUT2D eigenvalue weighted by atomic mass is 9.93. The van der Waals surface area contributed by atoms with E-state index in [0.717, 1.165) is 22.4 Å². The average Bonchev–Trinajstić information content (AvgIpc) is 3.18. The number of rotatable bonds is 4. The summed E-state index contributed by atoms with van der Waals surface area (Å²) in [5.74, 6) is 0.988. The molecule has 1 aromatic heterocycles. The van der Waals surface area contributed by atoms with Gasteiger partial charge in [-0.15, -0.1) is 0 Å². The number of hydrogen-bond acceptors (Lipinski definition) is 3. The maximum absolute atomic E-state index is 9.63. The van der Waals surface area contributed by atoms with Crippen LogP contribution in [0.1, 0.15) is 44.1 Å². The molecule has 3 rings (SSSR count). The molecular formula is C15H21N3O. The molecule has 0 unspecified atom stereocenters. The third kappa shape index (κ3) is 2.05. The van der Waals surface area contributed by atoms with Crippen LogP contribution in [0, 0.1) is 0 Å². The van der Waals surface area contributed by atoms with Gasteiger partial charge < -0.3 is 15.4 Å². The second-order valence-electron chi connectivity index (χ2n) is 6.11. The standard InChI is InChI=1S/C15H21N3O/c1-15(2,9-19)14-17-12-7-10(8-16)3-6-13(12)18(14)11-4-5-11/h3,6-7,11,19H,4-5,8-9,16H2,1-2H3. The van der Waals surface area contributed by atoms with Crippen molar-refractivity contribution < 1.29 is 5.11 Å². The summed E-state index contributed by atoms with van der Waals surface area (Å²) in [4.78, 5) is 4.77. The normalized spacial score (nSPS) is 16.2. The molecule has 1 saturated carbocycles. The van der Waals surface area contributed by atoms with Gasteiger partial charge in [0.05, 0.1) is 17.6 Å². The Morgan fingerprint density at radius 3 is 2.74 bits per heavy atom. The molecular weight excluding hydrogens is 238 g/mol. The molecule has 0 amide bonds. The van der Waals surface area contributed by atoms with Gasteiger partial charge in [0, 0.05) is 18.0 Å². The van der Waals surface area contributed by atoms with Crippen LogP contribution in [0.5, 0.6) is 0 Å². The van der Waals surface area contributed by atoms with E-state index in [2.05, 4.69) is 22.8 Å². The van der Waals surface area contributed by atoms with Crippen LogP contribution in [-0.2, 0) is 12.0 Å². The Labute approximate surface area is 113 Å². The largest absolute Gasteiger partial charge is 0.395 e. The fraction of sp³-hybridized carbons (Fsp3) is 0.533. The Kier molecular flexibility index (Phi) is 2.87. The van der Waals surface area contributed by atoms with Crippen molar-refractivity contribution in [3.05, 3.63) is 29.6 Å². The first kappa shape index (κ1) is 12.6. The molecule has 102 valence electrons. The summed E-state index contributed by atoms with van der Waals surface area (Å²) < 4.78 is 2.31. The van der Waals surface area contributed by atoms with E-state index < -0.39 is 0 Å². The number of aromatic nitrogens is 2. The van der Waals surface area contributed by atoms with Crippen molar-refractivity contribution in [3.63, 3.8) is 0 Å². The van der Waals surface area contributed by atoms with E-state index in [9.17, 15) is 5.11 Å². The Hall–Kier alpha value is -1.39. The van der Waals surface area contributed by atoms with Crippen LogP contribution in [0.3, 0.4) is 0 Å². The highest BCUT2D eigenvalue weighted by Gasteiger charge is 2.34. The number of benzene rings is 1. The lowest BCUT2D eigenvalue weighted by molar-refractivity contribution is 0.208. The van der Waals surface area contributed by atoms with E-state index in [1.807, 2.05) is 13.8 Å². The van der Waals surface area contributed by atoms with E-state index >= 15 is 0 Å². The van der Waals surface area contributed by atoms with Crippen LogP contribution in [0.25, 0.3) is 11.0 Å². The van der Waals surface area contributed by atoms with E-state index in [1.54, 1.807) is 0 Å². The van der Waals surface area contributed by atoms with Gasteiger partial charge >= 0.3 is 0 Å². The molecule has 0 atom stereocenters. The third-order valence-electron chi connectivity index (χ3n) is 3.90. The van der Waals surface area contributed by atoms with Crippen LogP contribution >= 0.6 is 0 Å². The lowest BCUT2D eigenvalue weighted by Gasteiger charge is -2.22.